The summed E-state index contributed by atoms with van der Waals surface area (Å²) in [6.45, 7) is 8.66. The Bertz CT molecular complexity index is 189. The molecule has 1 rings (SSSR count). The molecule has 104 valence electrons. The van der Waals surface area contributed by atoms with Crippen LogP contribution in [0.1, 0.15) is 59.3 Å². The molecule has 0 heterocycles. The highest BCUT2D eigenvalue weighted by Crippen LogP contribution is 2.23. The second-order valence-electron chi connectivity index (χ2n) is 6.01. The monoisotopic (exact) mass is 262 g/mol. The van der Waals surface area contributed by atoms with E-state index in [1.165, 1.54) is 38.5 Å². The van der Waals surface area contributed by atoms with Gasteiger partial charge in [0.25, 0.3) is 0 Å². The molecule has 0 aromatic rings. The van der Waals surface area contributed by atoms with Crippen molar-refractivity contribution in [2.45, 2.75) is 64.8 Å². The largest absolute Gasteiger partial charge is 0.329 e. The minimum atomic E-state index is 0. The lowest BCUT2D eigenvalue weighted by atomic mass is 9.87. The first-order valence-electron chi connectivity index (χ1n) is 7.03. The van der Waals surface area contributed by atoms with Crippen LogP contribution in [0.4, 0.5) is 0 Å². The summed E-state index contributed by atoms with van der Waals surface area (Å²) in [4.78, 5) is 0. The van der Waals surface area contributed by atoms with Gasteiger partial charge in [-0.25, -0.2) is 0 Å². The average molecular weight is 263 g/mol. The quantitative estimate of drug-likeness (QED) is 0.746. The van der Waals surface area contributed by atoms with Gasteiger partial charge in [-0.2, -0.15) is 0 Å². The molecule has 0 spiro atoms. The predicted molar refractivity (Wildman–Crippen MR) is 78.7 cm³/mol. The number of hydrogen-bond donors (Lipinski definition) is 2. The Hall–Kier alpha value is 0.210. The predicted octanol–water partition coefficient (Wildman–Crippen LogP) is 3.34. The Morgan fingerprint density at radius 1 is 1.18 bits per heavy atom. The van der Waals surface area contributed by atoms with Gasteiger partial charge in [0.1, 0.15) is 0 Å². The molecule has 0 radical (unpaired) electrons. The van der Waals surface area contributed by atoms with Crippen LogP contribution in [0, 0.1) is 11.8 Å². The molecular weight excluding hydrogens is 232 g/mol. The lowest BCUT2D eigenvalue weighted by Gasteiger charge is -2.35. The van der Waals surface area contributed by atoms with Crippen LogP contribution in [-0.4, -0.2) is 18.6 Å². The lowest BCUT2D eigenvalue weighted by Crippen LogP contribution is -2.53. The smallest absolute Gasteiger partial charge is 0.0298 e. The Morgan fingerprint density at radius 3 is 2.12 bits per heavy atom. The molecule has 0 saturated heterocycles. The minimum Gasteiger partial charge on any atom is -0.329 e. The van der Waals surface area contributed by atoms with Crippen molar-refractivity contribution in [3.05, 3.63) is 0 Å². The van der Waals surface area contributed by atoms with Gasteiger partial charge in [-0.05, 0) is 38.1 Å². The molecule has 1 aliphatic rings. The van der Waals surface area contributed by atoms with E-state index < -0.39 is 0 Å². The normalized spacial score (nSPS) is 21.7. The van der Waals surface area contributed by atoms with E-state index in [-0.39, 0.29) is 17.9 Å². The van der Waals surface area contributed by atoms with E-state index in [4.69, 9.17) is 5.73 Å². The van der Waals surface area contributed by atoms with Gasteiger partial charge in [0.2, 0.25) is 0 Å². The molecular formula is C14H31ClN2. The van der Waals surface area contributed by atoms with Crippen LogP contribution in [0.15, 0.2) is 0 Å². The Balaban J connectivity index is 0.00000256. The first kappa shape index (κ1) is 17.2. The highest BCUT2D eigenvalue weighted by molar-refractivity contribution is 5.85. The molecule has 1 atom stereocenters. The second kappa shape index (κ2) is 8.34. The van der Waals surface area contributed by atoms with E-state index >= 15 is 0 Å². The fraction of sp³-hybridized carbons (Fsp3) is 1.00. The molecule has 0 amide bonds. The molecule has 1 saturated carbocycles. The summed E-state index contributed by atoms with van der Waals surface area (Å²) in [5, 5.41) is 3.72. The summed E-state index contributed by atoms with van der Waals surface area (Å²) in [5.41, 5.74) is 6.01. The summed E-state index contributed by atoms with van der Waals surface area (Å²) in [7, 11) is 0. The topological polar surface area (TPSA) is 38.0 Å². The minimum absolute atomic E-state index is 0. The number of rotatable bonds is 5. The van der Waals surface area contributed by atoms with Crippen LogP contribution < -0.4 is 11.1 Å². The SMILES string of the molecule is CC(C)C(C)(CN)NCC1CCCCCC1.Cl. The molecule has 0 aliphatic heterocycles. The Kier molecular flexibility index (Phi) is 8.44. The maximum absolute atomic E-state index is 5.89. The third-order valence-electron chi connectivity index (χ3n) is 4.47. The summed E-state index contributed by atoms with van der Waals surface area (Å²) in [6, 6.07) is 0. The average Bonchev–Trinajstić information content (AvgIpc) is 2.54. The van der Waals surface area contributed by atoms with Crippen molar-refractivity contribution < 1.29 is 0 Å². The maximum Gasteiger partial charge on any atom is 0.0298 e. The molecule has 3 heteroatoms. The molecule has 3 N–H and O–H groups in total. The highest BCUT2D eigenvalue weighted by atomic mass is 35.5. The number of nitrogens with one attached hydrogen (secondary N) is 1. The van der Waals surface area contributed by atoms with Crippen molar-refractivity contribution in [1.29, 1.82) is 0 Å². The third kappa shape index (κ3) is 5.58. The van der Waals surface area contributed by atoms with Crippen LogP contribution in [0.2, 0.25) is 0 Å². The molecule has 0 bridgehead atoms. The fourth-order valence-corrected chi connectivity index (χ4v) is 2.46. The van der Waals surface area contributed by atoms with Crippen molar-refractivity contribution in [1.82, 2.24) is 5.32 Å². The molecule has 0 aromatic heterocycles. The van der Waals surface area contributed by atoms with E-state index in [0.717, 1.165) is 19.0 Å². The van der Waals surface area contributed by atoms with Gasteiger partial charge in [-0.15, -0.1) is 12.4 Å². The summed E-state index contributed by atoms with van der Waals surface area (Å²) in [6.07, 6.45) is 8.54. The Labute approximate surface area is 114 Å². The van der Waals surface area contributed by atoms with Gasteiger partial charge in [0.05, 0.1) is 0 Å². The van der Waals surface area contributed by atoms with Crippen LogP contribution >= 0.6 is 12.4 Å². The van der Waals surface area contributed by atoms with E-state index in [2.05, 4.69) is 26.1 Å². The van der Waals surface area contributed by atoms with Gasteiger partial charge < -0.3 is 11.1 Å². The lowest BCUT2D eigenvalue weighted by molar-refractivity contribution is 0.246. The summed E-state index contributed by atoms with van der Waals surface area (Å²) in [5.74, 6) is 1.48. The van der Waals surface area contributed by atoms with Crippen molar-refractivity contribution in [2.75, 3.05) is 13.1 Å². The molecule has 1 unspecified atom stereocenters. The van der Waals surface area contributed by atoms with Crippen LogP contribution in [0.5, 0.6) is 0 Å². The maximum atomic E-state index is 5.89. The standard InChI is InChI=1S/C14H30N2.ClH/c1-12(2)14(3,11-15)16-10-13-8-6-4-5-7-9-13;/h12-13,16H,4-11,15H2,1-3H3;1H. The van der Waals surface area contributed by atoms with E-state index in [1.54, 1.807) is 0 Å². The number of hydrogen-bond acceptors (Lipinski definition) is 2. The van der Waals surface area contributed by atoms with E-state index in [1.807, 2.05) is 0 Å². The van der Waals surface area contributed by atoms with Gasteiger partial charge in [0.15, 0.2) is 0 Å². The van der Waals surface area contributed by atoms with Crippen LogP contribution in [0.25, 0.3) is 0 Å². The van der Waals surface area contributed by atoms with Crippen molar-refractivity contribution >= 4 is 12.4 Å². The first-order chi connectivity index (χ1) is 7.58. The zero-order valence-electron chi connectivity index (χ0n) is 11.8. The van der Waals surface area contributed by atoms with Crippen LogP contribution in [-0.2, 0) is 0 Å². The van der Waals surface area contributed by atoms with Crippen molar-refractivity contribution in [2.24, 2.45) is 17.6 Å². The molecule has 1 aliphatic carbocycles. The van der Waals surface area contributed by atoms with E-state index in [0.29, 0.717) is 5.92 Å². The number of nitrogens with two attached hydrogens (primary N) is 1. The van der Waals surface area contributed by atoms with Gasteiger partial charge in [-0.3, -0.25) is 0 Å². The zero-order chi connectivity index (χ0) is 12.0. The Morgan fingerprint density at radius 2 is 1.71 bits per heavy atom. The van der Waals surface area contributed by atoms with Crippen molar-refractivity contribution in [3.63, 3.8) is 0 Å². The van der Waals surface area contributed by atoms with Gasteiger partial charge >= 0.3 is 0 Å². The highest BCUT2D eigenvalue weighted by Gasteiger charge is 2.26. The molecule has 17 heavy (non-hydrogen) atoms. The fourth-order valence-electron chi connectivity index (χ4n) is 2.46. The van der Waals surface area contributed by atoms with Gasteiger partial charge in [-0.1, -0.05) is 39.5 Å². The number of halogens is 1. The first-order valence-corrected chi connectivity index (χ1v) is 7.03. The molecule has 0 aromatic carbocycles. The summed E-state index contributed by atoms with van der Waals surface area (Å²) >= 11 is 0. The third-order valence-corrected chi connectivity index (χ3v) is 4.47. The van der Waals surface area contributed by atoms with Crippen LogP contribution in [0.3, 0.4) is 0 Å². The van der Waals surface area contributed by atoms with Crippen molar-refractivity contribution in [3.8, 4) is 0 Å². The zero-order valence-corrected chi connectivity index (χ0v) is 12.6. The van der Waals surface area contributed by atoms with E-state index in [9.17, 15) is 0 Å². The molecule has 1 fully saturated rings. The summed E-state index contributed by atoms with van der Waals surface area (Å²) < 4.78 is 0. The second-order valence-corrected chi connectivity index (χ2v) is 6.01. The van der Waals surface area contributed by atoms with Gasteiger partial charge in [0, 0.05) is 12.1 Å². The molecule has 2 nitrogen and oxygen atoms in total.